The molecule has 0 atom stereocenters. The van der Waals surface area contributed by atoms with Gasteiger partial charge in [0.1, 0.15) is 17.9 Å². The van der Waals surface area contributed by atoms with Gasteiger partial charge in [-0.1, -0.05) is 6.07 Å². The molecule has 0 fully saturated rings. The monoisotopic (exact) mass is 312 g/mol. The van der Waals surface area contributed by atoms with Crippen molar-refractivity contribution < 1.29 is 28.8 Å². The highest BCUT2D eigenvalue weighted by atomic mass is 16.6. The summed E-state index contributed by atoms with van der Waals surface area (Å²) in [4.78, 5) is 11.2. The Bertz CT molecular complexity index is 472. The molecule has 0 amide bonds. The van der Waals surface area contributed by atoms with Crippen LogP contribution in [0.4, 0.5) is 0 Å². The van der Waals surface area contributed by atoms with E-state index in [4.69, 9.17) is 18.9 Å². The number of benzene rings is 1. The average Bonchev–Trinajstić information content (AvgIpc) is 2.46. The van der Waals surface area contributed by atoms with Gasteiger partial charge in [0.05, 0.1) is 33.0 Å². The van der Waals surface area contributed by atoms with Crippen molar-refractivity contribution in [3.05, 3.63) is 28.8 Å². The maximum atomic E-state index is 11.2. The predicted octanol–water partition coefficient (Wildman–Crippen LogP) is 2.06. The Balaban J connectivity index is 2.32. The Morgan fingerprint density at radius 1 is 1.00 bits per heavy atom. The van der Waals surface area contributed by atoms with E-state index in [-0.39, 0.29) is 5.56 Å². The van der Waals surface area contributed by atoms with Crippen LogP contribution in [0.25, 0.3) is 0 Å². The summed E-state index contributed by atoms with van der Waals surface area (Å²) < 4.78 is 21.0. The third-order valence-corrected chi connectivity index (χ3v) is 2.93. The molecule has 0 aliphatic heterocycles. The number of ether oxygens (including phenoxy) is 4. The highest BCUT2D eigenvalue weighted by molar-refractivity contribution is 5.91. The number of carbonyl (C=O) groups is 1. The molecule has 6 nitrogen and oxygen atoms in total. The van der Waals surface area contributed by atoms with Crippen LogP contribution < -0.4 is 4.74 Å². The zero-order valence-corrected chi connectivity index (χ0v) is 13.4. The Morgan fingerprint density at radius 3 is 2.18 bits per heavy atom. The first kappa shape index (κ1) is 18.4. The van der Waals surface area contributed by atoms with Gasteiger partial charge in [-0.25, -0.2) is 4.79 Å². The molecule has 0 radical (unpaired) electrons. The highest BCUT2D eigenvalue weighted by Gasteiger charge is 2.14. The van der Waals surface area contributed by atoms with Gasteiger partial charge in [0.25, 0.3) is 0 Å². The van der Waals surface area contributed by atoms with Gasteiger partial charge in [-0.3, -0.25) is 0 Å². The molecule has 22 heavy (non-hydrogen) atoms. The summed E-state index contributed by atoms with van der Waals surface area (Å²) >= 11 is 0. The van der Waals surface area contributed by atoms with E-state index in [0.717, 1.165) is 11.1 Å². The van der Waals surface area contributed by atoms with Gasteiger partial charge in [0.2, 0.25) is 0 Å². The quantitative estimate of drug-likeness (QED) is 0.630. The lowest BCUT2D eigenvalue weighted by atomic mass is 10.1. The van der Waals surface area contributed by atoms with E-state index in [9.17, 15) is 9.90 Å². The molecule has 124 valence electrons. The zero-order chi connectivity index (χ0) is 16.4. The Kier molecular flexibility index (Phi) is 8.50. The van der Waals surface area contributed by atoms with Crippen LogP contribution in [0.1, 0.15) is 21.5 Å². The maximum absolute atomic E-state index is 11.2. The van der Waals surface area contributed by atoms with Crippen molar-refractivity contribution in [1.29, 1.82) is 0 Å². The van der Waals surface area contributed by atoms with Gasteiger partial charge in [-0.2, -0.15) is 0 Å². The molecular formula is C16H24O6. The second-order valence-electron chi connectivity index (χ2n) is 4.83. The fourth-order valence-electron chi connectivity index (χ4n) is 1.97. The van der Waals surface area contributed by atoms with Gasteiger partial charge in [-0.05, 0) is 31.0 Å². The Hall–Kier alpha value is -1.63. The van der Waals surface area contributed by atoms with E-state index in [1.807, 2.05) is 19.9 Å². The Labute approximate surface area is 130 Å². The van der Waals surface area contributed by atoms with Crippen LogP contribution in [-0.2, 0) is 14.2 Å². The van der Waals surface area contributed by atoms with Crippen molar-refractivity contribution in [3.8, 4) is 5.75 Å². The van der Waals surface area contributed by atoms with Crippen LogP contribution in [-0.4, -0.2) is 57.8 Å². The first-order valence-electron chi connectivity index (χ1n) is 7.18. The minimum absolute atomic E-state index is 0.181. The average molecular weight is 312 g/mol. The number of carboxylic acid groups (broad SMARTS) is 1. The van der Waals surface area contributed by atoms with E-state index in [1.54, 1.807) is 13.2 Å². The number of hydrogen-bond donors (Lipinski definition) is 1. The third kappa shape index (κ3) is 6.43. The number of aromatic carboxylic acids is 1. The number of hydrogen-bond acceptors (Lipinski definition) is 5. The van der Waals surface area contributed by atoms with Crippen molar-refractivity contribution in [2.75, 3.05) is 46.8 Å². The van der Waals surface area contributed by atoms with Crippen molar-refractivity contribution in [2.24, 2.45) is 0 Å². The molecule has 1 aromatic rings. The standard InChI is InChI=1S/C16H24O6/c1-12-10-13(2)15(14(11-12)16(17)18)22-9-8-21-7-6-20-5-4-19-3/h10-11H,4-9H2,1-3H3,(H,17,18). The summed E-state index contributed by atoms with van der Waals surface area (Å²) in [5.41, 5.74) is 1.88. The predicted molar refractivity (Wildman–Crippen MR) is 81.9 cm³/mol. The van der Waals surface area contributed by atoms with Crippen molar-refractivity contribution >= 4 is 5.97 Å². The smallest absolute Gasteiger partial charge is 0.339 e. The molecule has 0 aliphatic carbocycles. The molecule has 0 spiro atoms. The summed E-state index contributed by atoms with van der Waals surface area (Å²) in [6.45, 7) is 6.42. The van der Waals surface area contributed by atoms with Gasteiger partial charge in [0, 0.05) is 7.11 Å². The van der Waals surface area contributed by atoms with Gasteiger partial charge in [-0.15, -0.1) is 0 Å². The van der Waals surface area contributed by atoms with Crippen molar-refractivity contribution in [2.45, 2.75) is 13.8 Å². The lowest BCUT2D eigenvalue weighted by Crippen LogP contribution is -2.14. The largest absolute Gasteiger partial charge is 0.490 e. The second kappa shape index (κ2) is 10.2. The fourth-order valence-corrected chi connectivity index (χ4v) is 1.97. The minimum atomic E-state index is -0.991. The van der Waals surface area contributed by atoms with E-state index < -0.39 is 5.97 Å². The molecule has 0 heterocycles. The first-order chi connectivity index (χ1) is 10.6. The molecule has 1 rings (SSSR count). The van der Waals surface area contributed by atoms with Gasteiger partial charge in [0.15, 0.2) is 0 Å². The van der Waals surface area contributed by atoms with E-state index in [1.165, 1.54) is 0 Å². The van der Waals surface area contributed by atoms with E-state index >= 15 is 0 Å². The van der Waals surface area contributed by atoms with Crippen LogP contribution in [0.5, 0.6) is 5.75 Å². The van der Waals surface area contributed by atoms with Crippen molar-refractivity contribution in [1.82, 2.24) is 0 Å². The van der Waals surface area contributed by atoms with Crippen LogP contribution in [0.2, 0.25) is 0 Å². The molecule has 0 saturated carbocycles. The van der Waals surface area contributed by atoms with E-state index in [0.29, 0.717) is 45.4 Å². The highest BCUT2D eigenvalue weighted by Crippen LogP contribution is 2.25. The molecule has 0 saturated heterocycles. The summed E-state index contributed by atoms with van der Waals surface area (Å²) in [7, 11) is 1.62. The number of carboxylic acids is 1. The summed E-state index contributed by atoms with van der Waals surface area (Å²) in [5.74, 6) is -0.590. The van der Waals surface area contributed by atoms with Gasteiger partial charge < -0.3 is 24.1 Å². The second-order valence-corrected chi connectivity index (χ2v) is 4.83. The lowest BCUT2D eigenvalue weighted by Gasteiger charge is -2.13. The van der Waals surface area contributed by atoms with Crippen LogP contribution >= 0.6 is 0 Å². The topological polar surface area (TPSA) is 74.2 Å². The molecule has 1 aromatic carbocycles. The SMILES string of the molecule is COCCOCCOCCOc1c(C)cc(C)cc1C(=O)O. The third-order valence-electron chi connectivity index (χ3n) is 2.93. The molecule has 0 unspecified atom stereocenters. The molecule has 1 N–H and O–H groups in total. The maximum Gasteiger partial charge on any atom is 0.339 e. The minimum Gasteiger partial charge on any atom is -0.490 e. The Morgan fingerprint density at radius 2 is 1.59 bits per heavy atom. The summed E-state index contributed by atoms with van der Waals surface area (Å²) in [6, 6.07) is 3.50. The lowest BCUT2D eigenvalue weighted by molar-refractivity contribution is 0.0178. The van der Waals surface area contributed by atoms with Crippen LogP contribution in [0.15, 0.2) is 12.1 Å². The van der Waals surface area contributed by atoms with Crippen molar-refractivity contribution in [3.63, 3.8) is 0 Å². The molecular weight excluding hydrogens is 288 g/mol. The number of aryl methyl sites for hydroxylation is 2. The summed E-state index contributed by atoms with van der Waals surface area (Å²) in [6.07, 6.45) is 0. The fraction of sp³-hybridized carbons (Fsp3) is 0.562. The van der Waals surface area contributed by atoms with Crippen LogP contribution in [0.3, 0.4) is 0 Å². The number of rotatable bonds is 11. The normalized spacial score (nSPS) is 10.7. The molecule has 6 heteroatoms. The molecule has 0 bridgehead atoms. The first-order valence-corrected chi connectivity index (χ1v) is 7.18. The van der Waals surface area contributed by atoms with E-state index in [2.05, 4.69) is 0 Å². The molecule has 0 aliphatic rings. The zero-order valence-electron chi connectivity index (χ0n) is 13.4. The van der Waals surface area contributed by atoms with Gasteiger partial charge >= 0.3 is 5.97 Å². The summed E-state index contributed by atoms with van der Waals surface area (Å²) in [5, 5.41) is 9.22. The van der Waals surface area contributed by atoms with Crippen LogP contribution in [0, 0.1) is 13.8 Å². The molecule has 0 aromatic heterocycles. The number of methoxy groups -OCH3 is 1.